The van der Waals surface area contributed by atoms with E-state index in [-0.39, 0.29) is 18.0 Å². The molecule has 0 saturated carbocycles. The summed E-state index contributed by atoms with van der Waals surface area (Å²) in [6, 6.07) is 0. The van der Waals surface area contributed by atoms with Crippen LogP contribution in [-0.4, -0.2) is 16.8 Å². The Labute approximate surface area is 73.9 Å². The molecule has 6 nitrogen and oxygen atoms in total. The van der Waals surface area contributed by atoms with Gasteiger partial charge in [-0.3, -0.25) is 9.59 Å². The van der Waals surface area contributed by atoms with Crippen LogP contribution < -0.4 is 11.5 Å². The minimum Gasteiger partial charge on any atom is -0.448 e. The van der Waals surface area contributed by atoms with Crippen LogP contribution in [0.2, 0.25) is 0 Å². The molecule has 1 rings (SSSR count). The van der Waals surface area contributed by atoms with Gasteiger partial charge < -0.3 is 15.9 Å². The molecule has 2 amide bonds. The minimum atomic E-state index is -0.678. The van der Waals surface area contributed by atoms with Gasteiger partial charge in [0.25, 0.3) is 5.91 Å². The lowest BCUT2D eigenvalue weighted by atomic mass is 10.3. The van der Waals surface area contributed by atoms with Crippen molar-refractivity contribution in [1.29, 1.82) is 0 Å². The fourth-order valence-electron chi connectivity index (χ4n) is 0.682. The highest BCUT2D eigenvalue weighted by Crippen LogP contribution is 2.05. The van der Waals surface area contributed by atoms with E-state index in [9.17, 15) is 9.59 Å². The average molecular weight is 182 g/mol. The van der Waals surface area contributed by atoms with Crippen molar-refractivity contribution in [3.63, 3.8) is 0 Å². The highest BCUT2D eigenvalue weighted by Gasteiger charge is 2.09. The topological polar surface area (TPSA) is 112 Å². The second-order valence-corrected chi connectivity index (χ2v) is 2.31. The summed E-state index contributed by atoms with van der Waals surface area (Å²) in [6.07, 6.45) is 2.50. The number of carbonyl (C=O) groups is 2. The van der Waals surface area contributed by atoms with Gasteiger partial charge in [0.1, 0.15) is 6.26 Å². The third-order valence-corrected chi connectivity index (χ3v) is 1.25. The quantitative estimate of drug-likeness (QED) is 0.634. The molecule has 0 unspecified atom stereocenters. The van der Waals surface area contributed by atoms with Gasteiger partial charge in [0.05, 0.1) is 6.42 Å². The van der Waals surface area contributed by atoms with Crippen LogP contribution in [0.25, 0.3) is 0 Å². The molecule has 0 saturated heterocycles. The van der Waals surface area contributed by atoms with Gasteiger partial charge in [0.15, 0.2) is 11.6 Å². The van der Waals surface area contributed by atoms with E-state index in [1.807, 2.05) is 0 Å². The van der Waals surface area contributed by atoms with Crippen LogP contribution in [0.3, 0.4) is 0 Å². The van der Waals surface area contributed by atoms with E-state index in [2.05, 4.69) is 4.98 Å². The van der Waals surface area contributed by atoms with Crippen molar-refractivity contribution in [1.82, 2.24) is 4.98 Å². The third kappa shape index (κ3) is 2.58. The summed E-state index contributed by atoms with van der Waals surface area (Å²) >= 11 is 0. The first kappa shape index (κ1) is 9.24. The molecule has 1 radical (unpaired) electrons. The maximum atomic E-state index is 10.5. The number of nitrogens with two attached hydrogens (primary N) is 2. The predicted octanol–water partition coefficient (Wildman–Crippen LogP) is -0.799. The Hall–Kier alpha value is -1.85. The molecule has 0 aromatic carbocycles. The Morgan fingerprint density at radius 3 is 2.69 bits per heavy atom. The molecule has 0 aliphatic carbocycles. The van der Waals surface area contributed by atoms with Crippen LogP contribution in [0.1, 0.15) is 22.8 Å². The predicted molar refractivity (Wildman–Crippen MR) is 42.2 cm³/mol. The lowest BCUT2D eigenvalue weighted by Crippen LogP contribution is -2.12. The van der Waals surface area contributed by atoms with Crippen LogP contribution in [0.4, 0.5) is 0 Å². The van der Waals surface area contributed by atoms with Crippen LogP contribution in [0.5, 0.6) is 0 Å². The second-order valence-electron chi connectivity index (χ2n) is 2.31. The molecule has 4 N–H and O–H groups in total. The highest BCUT2D eigenvalue weighted by atomic mass is 16.3. The number of carbonyl (C=O) groups excluding carboxylic acids is 2. The van der Waals surface area contributed by atoms with Crippen molar-refractivity contribution < 1.29 is 14.0 Å². The van der Waals surface area contributed by atoms with Crippen LogP contribution >= 0.6 is 0 Å². The smallest absolute Gasteiger partial charge is 0.270 e. The van der Waals surface area contributed by atoms with Gasteiger partial charge in [0.2, 0.25) is 5.91 Å². The van der Waals surface area contributed by atoms with E-state index in [1.54, 1.807) is 0 Å². The summed E-state index contributed by atoms with van der Waals surface area (Å²) in [4.78, 5) is 24.6. The Morgan fingerprint density at radius 1 is 1.54 bits per heavy atom. The summed E-state index contributed by atoms with van der Waals surface area (Å²) in [7, 11) is 0. The zero-order valence-corrected chi connectivity index (χ0v) is 6.69. The molecule has 0 aliphatic rings. The van der Waals surface area contributed by atoms with E-state index in [0.29, 0.717) is 0 Å². The Morgan fingerprint density at radius 2 is 2.23 bits per heavy atom. The molecule has 0 bridgehead atoms. The number of nitrogens with zero attached hydrogens (tertiary/aromatic N) is 1. The van der Waals surface area contributed by atoms with E-state index in [0.717, 1.165) is 6.26 Å². The average Bonchev–Trinajstić information content (AvgIpc) is 2.48. The highest BCUT2D eigenvalue weighted by molar-refractivity contribution is 5.90. The van der Waals surface area contributed by atoms with Gasteiger partial charge in [0, 0.05) is 6.42 Å². The number of hydrogen-bond donors (Lipinski definition) is 2. The van der Waals surface area contributed by atoms with Crippen LogP contribution in [-0.2, 0) is 4.79 Å². The van der Waals surface area contributed by atoms with Crippen LogP contribution in [0.15, 0.2) is 10.7 Å². The minimum absolute atomic E-state index is 0.0126. The monoisotopic (exact) mass is 182 g/mol. The van der Waals surface area contributed by atoms with Crippen molar-refractivity contribution >= 4 is 11.8 Å². The van der Waals surface area contributed by atoms with Crippen molar-refractivity contribution in [2.45, 2.75) is 6.42 Å². The van der Waals surface area contributed by atoms with Gasteiger partial charge in [-0.15, -0.1) is 0 Å². The maximum absolute atomic E-state index is 10.5. The summed E-state index contributed by atoms with van der Waals surface area (Å²) in [5.74, 6) is -1.02. The first-order valence-electron chi connectivity index (χ1n) is 3.46. The molecule has 6 heteroatoms. The van der Waals surface area contributed by atoms with E-state index >= 15 is 0 Å². The van der Waals surface area contributed by atoms with Crippen molar-refractivity contribution in [2.24, 2.45) is 11.5 Å². The van der Waals surface area contributed by atoms with Gasteiger partial charge in [-0.1, -0.05) is 0 Å². The number of oxazole rings is 1. The molecule has 1 aromatic rings. The molecule has 0 spiro atoms. The van der Waals surface area contributed by atoms with E-state index < -0.39 is 11.8 Å². The zero-order chi connectivity index (χ0) is 9.84. The SMILES string of the molecule is NC(=O)C[CH]c1nc(C(N)=O)co1. The first-order chi connectivity index (χ1) is 6.09. The molecule has 1 aromatic heterocycles. The maximum Gasteiger partial charge on any atom is 0.270 e. The zero-order valence-electron chi connectivity index (χ0n) is 6.69. The fourth-order valence-corrected chi connectivity index (χ4v) is 0.682. The number of aromatic nitrogens is 1. The normalized spacial score (nSPS) is 9.85. The summed E-state index contributed by atoms with van der Waals surface area (Å²) in [5.41, 5.74) is 9.82. The molecule has 0 aliphatic heterocycles. The largest absolute Gasteiger partial charge is 0.448 e. The lowest BCUT2D eigenvalue weighted by Gasteiger charge is -1.88. The first-order valence-corrected chi connectivity index (χ1v) is 3.46. The number of rotatable bonds is 4. The Balaban J connectivity index is 2.59. The Kier molecular flexibility index (Phi) is 2.63. The summed E-state index contributed by atoms with van der Waals surface area (Å²) < 4.78 is 4.80. The van der Waals surface area contributed by atoms with Crippen molar-refractivity contribution in [3.8, 4) is 0 Å². The molecule has 1 heterocycles. The van der Waals surface area contributed by atoms with Gasteiger partial charge in [-0.05, 0) is 0 Å². The molecule has 0 atom stereocenters. The second kappa shape index (κ2) is 3.70. The van der Waals surface area contributed by atoms with E-state index in [1.165, 1.54) is 6.42 Å². The summed E-state index contributed by atoms with van der Waals surface area (Å²) in [6.45, 7) is 0. The summed E-state index contributed by atoms with van der Waals surface area (Å²) in [5, 5.41) is 0. The molecule has 0 fully saturated rings. The molecule has 13 heavy (non-hydrogen) atoms. The van der Waals surface area contributed by atoms with Gasteiger partial charge in [-0.25, -0.2) is 4.98 Å². The molecular formula is C7H8N3O3. The molecule has 69 valence electrons. The van der Waals surface area contributed by atoms with Crippen LogP contribution in [0, 0.1) is 6.42 Å². The van der Waals surface area contributed by atoms with Gasteiger partial charge in [-0.2, -0.15) is 0 Å². The van der Waals surface area contributed by atoms with Crippen molar-refractivity contribution in [2.75, 3.05) is 0 Å². The fraction of sp³-hybridized carbons (Fsp3) is 0.143. The lowest BCUT2D eigenvalue weighted by molar-refractivity contribution is -0.117. The number of amides is 2. The van der Waals surface area contributed by atoms with Gasteiger partial charge >= 0.3 is 0 Å². The number of primary amides is 2. The standard InChI is InChI=1S/C7H8N3O3/c8-5(11)1-2-6-10-4(3-13-6)7(9)12/h2-3H,1H2,(H2,8,11)(H2,9,12). The Bertz CT molecular complexity index is 331. The van der Waals surface area contributed by atoms with Crippen molar-refractivity contribution in [3.05, 3.63) is 24.3 Å². The molecular weight excluding hydrogens is 174 g/mol. The van der Waals surface area contributed by atoms with E-state index in [4.69, 9.17) is 15.9 Å². The third-order valence-electron chi connectivity index (χ3n) is 1.25. The number of hydrogen-bond acceptors (Lipinski definition) is 4.